The van der Waals surface area contributed by atoms with Crippen LogP contribution in [-0.4, -0.2) is 19.1 Å². The van der Waals surface area contributed by atoms with E-state index in [-0.39, 0.29) is 17.2 Å². The van der Waals surface area contributed by atoms with Crippen molar-refractivity contribution in [3.05, 3.63) is 42.4 Å². The zero-order valence-electron chi connectivity index (χ0n) is 9.41. The van der Waals surface area contributed by atoms with E-state index in [9.17, 15) is 9.18 Å². The highest BCUT2D eigenvalue weighted by atomic mass is 19.1. The third-order valence-electron chi connectivity index (χ3n) is 2.10. The second kappa shape index (κ2) is 6.52. The van der Waals surface area contributed by atoms with Crippen LogP contribution in [0.4, 0.5) is 10.1 Å². The standard InChI is InChI=1S/C12H15FN2O2/c1-2-17-7-3-6-15-12(16)10-5-4-9(13)8-11(10)14/h2,4-5,8H,1,3,6-7,14H2,(H,15,16). The summed E-state index contributed by atoms with van der Waals surface area (Å²) in [6.45, 7) is 4.35. The minimum absolute atomic E-state index is 0.129. The maximum Gasteiger partial charge on any atom is 0.253 e. The molecule has 0 aliphatic heterocycles. The van der Waals surface area contributed by atoms with Gasteiger partial charge in [-0.3, -0.25) is 4.79 Å². The molecule has 0 aliphatic carbocycles. The number of nitrogens with one attached hydrogen (secondary N) is 1. The minimum atomic E-state index is -0.460. The molecule has 0 radical (unpaired) electrons. The predicted molar refractivity (Wildman–Crippen MR) is 63.9 cm³/mol. The fraction of sp³-hybridized carbons (Fsp3) is 0.250. The summed E-state index contributed by atoms with van der Waals surface area (Å²) in [5.74, 6) is -0.778. The van der Waals surface area contributed by atoms with Crippen LogP contribution < -0.4 is 11.1 Å². The quantitative estimate of drug-likeness (QED) is 0.450. The smallest absolute Gasteiger partial charge is 0.253 e. The topological polar surface area (TPSA) is 64.3 Å². The molecular formula is C12H15FN2O2. The van der Waals surface area contributed by atoms with Gasteiger partial charge in [-0.15, -0.1) is 0 Å². The molecule has 0 fully saturated rings. The molecule has 0 bridgehead atoms. The molecule has 0 saturated heterocycles. The average Bonchev–Trinajstić information content (AvgIpc) is 2.28. The van der Waals surface area contributed by atoms with Gasteiger partial charge in [0.05, 0.1) is 18.4 Å². The molecule has 17 heavy (non-hydrogen) atoms. The molecule has 0 unspecified atom stereocenters. The van der Waals surface area contributed by atoms with Gasteiger partial charge in [-0.2, -0.15) is 0 Å². The number of benzene rings is 1. The first-order valence-electron chi connectivity index (χ1n) is 5.21. The van der Waals surface area contributed by atoms with Crippen molar-refractivity contribution in [3.63, 3.8) is 0 Å². The lowest BCUT2D eigenvalue weighted by Crippen LogP contribution is -2.26. The third kappa shape index (κ3) is 4.14. The highest BCUT2D eigenvalue weighted by Gasteiger charge is 2.09. The van der Waals surface area contributed by atoms with Gasteiger partial charge >= 0.3 is 0 Å². The number of carbonyl (C=O) groups is 1. The van der Waals surface area contributed by atoms with Crippen molar-refractivity contribution in [3.8, 4) is 0 Å². The number of carbonyl (C=O) groups excluding carboxylic acids is 1. The summed E-state index contributed by atoms with van der Waals surface area (Å²) >= 11 is 0. The minimum Gasteiger partial charge on any atom is -0.502 e. The number of halogens is 1. The van der Waals surface area contributed by atoms with Crippen molar-refractivity contribution in [2.45, 2.75) is 6.42 Å². The van der Waals surface area contributed by atoms with Gasteiger partial charge in [0.1, 0.15) is 5.82 Å². The summed E-state index contributed by atoms with van der Waals surface area (Å²) in [7, 11) is 0. The summed E-state index contributed by atoms with van der Waals surface area (Å²) in [6, 6.07) is 3.68. The Kier molecular flexibility index (Phi) is 5.00. The summed E-state index contributed by atoms with van der Waals surface area (Å²) < 4.78 is 17.7. The number of ether oxygens (including phenoxy) is 1. The first kappa shape index (κ1) is 13.0. The maximum absolute atomic E-state index is 12.8. The number of rotatable bonds is 6. The molecule has 0 atom stereocenters. The van der Waals surface area contributed by atoms with Crippen molar-refractivity contribution in [2.75, 3.05) is 18.9 Å². The Morgan fingerprint density at radius 3 is 3.00 bits per heavy atom. The van der Waals surface area contributed by atoms with Gasteiger partial charge in [0.15, 0.2) is 0 Å². The summed E-state index contributed by atoms with van der Waals surface area (Å²) in [6.07, 6.45) is 2.01. The Morgan fingerprint density at radius 2 is 2.35 bits per heavy atom. The molecule has 5 heteroatoms. The number of hydrogen-bond donors (Lipinski definition) is 2. The van der Waals surface area contributed by atoms with Crippen molar-refractivity contribution < 1.29 is 13.9 Å². The summed E-state index contributed by atoms with van der Waals surface area (Å²) in [4.78, 5) is 11.6. The van der Waals surface area contributed by atoms with Gasteiger partial charge in [-0.05, 0) is 24.6 Å². The number of anilines is 1. The van der Waals surface area contributed by atoms with E-state index in [2.05, 4.69) is 11.9 Å². The van der Waals surface area contributed by atoms with Crippen molar-refractivity contribution >= 4 is 11.6 Å². The van der Waals surface area contributed by atoms with Gasteiger partial charge in [0.25, 0.3) is 5.91 Å². The second-order valence-electron chi connectivity index (χ2n) is 3.38. The van der Waals surface area contributed by atoms with Crippen LogP contribution in [-0.2, 0) is 4.74 Å². The highest BCUT2D eigenvalue weighted by Crippen LogP contribution is 2.12. The largest absolute Gasteiger partial charge is 0.502 e. The molecule has 0 heterocycles. The monoisotopic (exact) mass is 238 g/mol. The van der Waals surface area contributed by atoms with Gasteiger partial charge in [-0.25, -0.2) is 4.39 Å². The summed E-state index contributed by atoms with van der Waals surface area (Å²) in [5, 5.41) is 2.66. The molecule has 0 aromatic heterocycles. The number of nitrogen functional groups attached to an aromatic ring is 1. The predicted octanol–water partition coefficient (Wildman–Crippen LogP) is 1.69. The SMILES string of the molecule is C=COCCCNC(=O)c1ccc(F)cc1N. The molecular weight excluding hydrogens is 223 g/mol. The Labute approximate surface area is 99.3 Å². The zero-order valence-corrected chi connectivity index (χ0v) is 9.41. The van der Waals surface area contributed by atoms with Crippen LogP contribution in [0.5, 0.6) is 0 Å². The lowest BCUT2D eigenvalue weighted by molar-refractivity contribution is 0.0951. The number of amides is 1. The molecule has 1 amide bonds. The Morgan fingerprint density at radius 1 is 1.59 bits per heavy atom. The van der Waals surface area contributed by atoms with Gasteiger partial charge < -0.3 is 15.8 Å². The van der Waals surface area contributed by atoms with E-state index >= 15 is 0 Å². The second-order valence-corrected chi connectivity index (χ2v) is 3.38. The first-order valence-corrected chi connectivity index (χ1v) is 5.21. The summed E-state index contributed by atoms with van der Waals surface area (Å²) in [5.41, 5.74) is 5.94. The molecule has 0 spiro atoms. The fourth-order valence-electron chi connectivity index (χ4n) is 1.28. The normalized spacial score (nSPS) is 9.71. The van der Waals surface area contributed by atoms with Crippen LogP contribution in [0.3, 0.4) is 0 Å². The Bertz CT molecular complexity index is 407. The molecule has 0 saturated carbocycles. The van der Waals surface area contributed by atoms with E-state index in [4.69, 9.17) is 10.5 Å². The van der Waals surface area contributed by atoms with Crippen LogP contribution in [0, 0.1) is 5.82 Å². The van der Waals surface area contributed by atoms with Crippen LogP contribution in [0.25, 0.3) is 0 Å². The van der Waals surface area contributed by atoms with E-state index in [0.717, 1.165) is 6.07 Å². The number of nitrogens with two attached hydrogens (primary N) is 1. The van der Waals surface area contributed by atoms with Crippen LogP contribution in [0.2, 0.25) is 0 Å². The van der Waals surface area contributed by atoms with Crippen LogP contribution in [0.1, 0.15) is 16.8 Å². The van der Waals surface area contributed by atoms with E-state index in [1.807, 2.05) is 0 Å². The van der Waals surface area contributed by atoms with Gasteiger partial charge in [0.2, 0.25) is 0 Å². The average molecular weight is 238 g/mol. The van der Waals surface area contributed by atoms with E-state index < -0.39 is 5.82 Å². The van der Waals surface area contributed by atoms with Gasteiger partial charge in [-0.1, -0.05) is 6.58 Å². The van der Waals surface area contributed by atoms with Crippen LogP contribution >= 0.6 is 0 Å². The van der Waals surface area contributed by atoms with Crippen molar-refractivity contribution in [1.82, 2.24) is 5.32 Å². The molecule has 4 nitrogen and oxygen atoms in total. The van der Waals surface area contributed by atoms with Gasteiger partial charge in [0, 0.05) is 12.2 Å². The van der Waals surface area contributed by atoms with Crippen molar-refractivity contribution in [2.24, 2.45) is 0 Å². The molecule has 3 N–H and O–H groups in total. The Hall–Kier alpha value is -2.04. The van der Waals surface area contributed by atoms with E-state index in [1.165, 1.54) is 18.4 Å². The lowest BCUT2D eigenvalue weighted by Gasteiger charge is -2.07. The zero-order chi connectivity index (χ0) is 12.7. The molecule has 1 rings (SSSR count). The lowest BCUT2D eigenvalue weighted by atomic mass is 10.1. The van der Waals surface area contributed by atoms with E-state index in [1.54, 1.807) is 0 Å². The van der Waals surface area contributed by atoms with E-state index in [0.29, 0.717) is 19.6 Å². The highest BCUT2D eigenvalue weighted by molar-refractivity contribution is 5.99. The molecule has 92 valence electrons. The molecule has 0 aliphatic rings. The van der Waals surface area contributed by atoms with Crippen molar-refractivity contribution in [1.29, 1.82) is 0 Å². The van der Waals surface area contributed by atoms with Crippen LogP contribution in [0.15, 0.2) is 31.0 Å². The molecule has 1 aromatic carbocycles. The fourth-order valence-corrected chi connectivity index (χ4v) is 1.28. The Balaban J connectivity index is 2.44. The number of hydrogen-bond acceptors (Lipinski definition) is 3. The molecule has 1 aromatic rings. The third-order valence-corrected chi connectivity index (χ3v) is 2.10. The first-order chi connectivity index (χ1) is 8.15. The maximum atomic E-state index is 12.8.